The predicted molar refractivity (Wildman–Crippen MR) is 159 cm³/mol. The van der Waals surface area contributed by atoms with Gasteiger partial charge in [-0.05, 0) is 50.1 Å². The molecule has 0 unspecified atom stereocenters. The van der Waals surface area contributed by atoms with Crippen LogP contribution in [0.25, 0.3) is 0 Å². The van der Waals surface area contributed by atoms with Gasteiger partial charge in [0.1, 0.15) is 11.9 Å². The maximum absolute atomic E-state index is 13.5. The SMILES string of the molecule is C[C@H]1CN([C@@H](C)CO)C(=O)Cc2cc(NC(=O)NC3CCCCC3)ccc2O[C@@H]1CN(C)C(=O)Nc1ccccc1. The molecular formula is C31H43N5O5. The Hall–Kier alpha value is -3.79. The van der Waals surface area contributed by atoms with Crippen LogP contribution in [0.2, 0.25) is 0 Å². The number of aliphatic hydroxyl groups is 1. The van der Waals surface area contributed by atoms with Crippen molar-refractivity contribution in [1.29, 1.82) is 0 Å². The second kappa shape index (κ2) is 14.2. The number of urea groups is 2. The van der Waals surface area contributed by atoms with E-state index in [1.807, 2.05) is 44.2 Å². The molecule has 5 amide bonds. The summed E-state index contributed by atoms with van der Waals surface area (Å²) in [6.45, 7) is 4.26. The summed E-state index contributed by atoms with van der Waals surface area (Å²) in [4.78, 5) is 42.3. The Morgan fingerprint density at radius 3 is 2.51 bits per heavy atom. The minimum absolute atomic E-state index is 0.0587. The largest absolute Gasteiger partial charge is 0.488 e. The number of carbonyl (C=O) groups is 3. The highest BCUT2D eigenvalue weighted by Crippen LogP contribution is 2.29. The average Bonchev–Trinajstić information content (AvgIpc) is 3.01. The molecule has 1 heterocycles. The molecule has 0 bridgehead atoms. The molecule has 3 atom stereocenters. The summed E-state index contributed by atoms with van der Waals surface area (Å²) in [5, 5.41) is 18.7. The summed E-state index contributed by atoms with van der Waals surface area (Å²) in [5.41, 5.74) is 1.90. The van der Waals surface area contributed by atoms with E-state index >= 15 is 0 Å². The van der Waals surface area contributed by atoms with Crippen molar-refractivity contribution in [1.82, 2.24) is 15.1 Å². The van der Waals surface area contributed by atoms with Crippen molar-refractivity contribution >= 4 is 29.3 Å². The number of hydrogen-bond donors (Lipinski definition) is 4. The van der Waals surface area contributed by atoms with Gasteiger partial charge < -0.3 is 35.6 Å². The molecule has 222 valence electrons. The van der Waals surface area contributed by atoms with Crippen LogP contribution in [0.3, 0.4) is 0 Å². The quantitative estimate of drug-likeness (QED) is 0.395. The van der Waals surface area contributed by atoms with E-state index in [-0.39, 0.29) is 55.5 Å². The van der Waals surface area contributed by atoms with Crippen LogP contribution in [-0.2, 0) is 11.2 Å². The summed E-state index contributed by atoms with van der Waals surface area (Å²) in [5.74, 6) is 0.247. The van der Waals surface area contributed by atoms with Crippen LogP contribution in [0.4, 0.5) is 21.0 Å². The fraction of sp³-hybridized carbons (Fsp3) is 0.516. The molecule has 0 aromatic heterocycles. The van der Waals surface area contributed by atoms with E-state index in [4.69, 9.17) is 4.74 Å². The van der Waals surface area contributed by atoms with Crippen LogP contribution in [0.5, 0.6) is 5.75 Å². The lowest BCUT2D eigenvalue weighted by Crippen LogP contribution is -2.48. The first-order chi connectivity index (χ1) is 19.7. The van der Waals surface area contributed by atoms with E-state index in [1.165, 1.54) is 6.42 Å². The Labute approximate surface area is 242 Å². The maximum atomic E-state index is 13.5. The third-order valence-electron chi connectivity index (χ3n) is 7.94. The number of benzene rings is 2. The lowest BCUT2D eigenvalue weighted by atomic mass is 9.96. The lowest BCUT2D eigenvalue weighted by molar-refractivity contribution is -0.134. The molecule has 1 aliphatic carbocycles. The first kappa shape index (κ1) is 30.2. The second-order valence-electron chi connectivity index (χ2n) is 11.3. The Balaban J connectivity index is 1.53. The van der Waals surface area contributed by atoms with E-state index in [9.17, 15) is 19.5 Å². The highest BCUT2D eigenvalue weighted by Gasteiger charge is 2.32. The number of rotatable bonds is 7. The van der Waals surface area contributed by atoms with Crippen molar-refractivity contribution in [3.63, 3.8) is 0 Å². The van der Waals surface area contributed by atoms with E-state index < -0.39 is 6.10 Å². The molecule has 2 aromatic rings. The zero-order valence-corrected chi connectivity index (χ0v) is 24.3. The number of para-hydroxylation sites is 1. The number of hydrogen-bond acceptors (Lipinski definition) is 5. The number of anilines is 2. The zero-order chi connectivity index (χ0) is 29.4. The van der Waals surface area contributed by atoms with Crippen molar-refractivity contribution in [3.05, 3.63) is 54.1 Å². The summed E-state index contributed by atoms with van der Waals surface area (Å²) in [6.07, 6.45) is 5.03. The second-order valence-corrected chi connectivity index (χ2v) is 11.3. The van der Waals surface area contributed by atoms with E-state index in [2.05, 4.69) is 16.0 Å². The number of ether oxygens (including phenoxy) is 1. The third kappa shape index (κ3) is 8.36. The molecule has 2 aliphatic rings. The molecular weight excluding hydrogens is 522 g/mol. The van der Waals surface area contributed by atoms with Gasteiger partial charge in [-0.1, -0.05) is 44.4 Å². The maximum Gasteiger partial charge on any atom is 0.321 e. The Bertz CT molecular complexity index is 1190. The smallest absolute Gasteiger partial charge is 0.321 e. The van der Waals surface area contributed by atoms with Gasteiger partial charge in [0, 0.05) is 42.5 Å². The minimum atomic E-state index is -0.437. The standard InChI is InChI=1S/C31H43N5O5/c1-21-18-36(22(2)20-37)29(38)17-23-16-26(33-30(39)32-24-10-6-4-7-11-24)14-15-27(23)41-28(21)19-35(3)31(40)34-25-12-8-5-9-13-25/h5,8-9,12-16,21-22,24,28,37H,4,6-7,10-11,17-20H2,1-3H3,(H,34,40)(H2,32,33,39)/t21-,22-,28+/m0/s1. The molecule has 4 rings (SSSR count). The molecule has 10 heteroatoms. The normalized spacial score (nSPS) is 20.4. The summed E-state index contributed by atoms with van der Waals surface area (Å²) in [6, 6.07) is 13.8. The first-order valence-corrected chi connectivity index (χ1v) is 14.6. The number of carbonyl (C=O) groups excluding carboxylic acids is 3. The van der Waals surface area contributed by atoms with Gasteiger partial charge >= 0.3 is 12.1 Å². The van der Waals surface area contributed by atoms with Crippen molar-refractivity contribution in [2.24, 2.45) is 5.92 Å². The Morgan fingerprint density at radius 2 is 1.80 bits per heavy atom. The van der Waals surface area contributed by atoms with Gasteiger partial charge in [-0.25, -0.2) is 9.59 Å². The van der Waals surface area contributed by atoms with Gasteiger partial charge in [0.15, 0.2) is 0 Å². The van der Waals surface area contributed by atoms with E-state index in [0.717, 1.165) is 25.7 Å². The number of aliphatic hydroxyl groups excluding tert-OH is 1. The van der Waals surface area contributed by atoms with Crippen LogP contribution in [0.15, 0.2) is 48.5 Å². The Morgan fingerprint density at radius 1 is 1.07 bits per heavy atom. The summed E-state index contributed by atoms with van der Waals surface area (Å²) < 4.78 is 6.50. The molecule has 1 saturated carbocycles. The van der Waals surface area contributed by atoms with Crippen molar-refractivity contribution < 1.29 is 24.2 Å². The molecule has 0 saturated heterocycles. The number of nitrogens with zero attached hydrogens (tertiary/aromatic N) is 2. The van der Waals surface area contributed by atoms with Gasteiger partial charge in [-0.15, -0.1) is 0 Å². The molecule has 1 aliphatic heterocycles. The molecule has 2 aromatic carbocycles. The van der Waals surface area contributed by atoms with Crippen molar-refractivity contribution in [2.45, 2.75) is 70.6 Å². The number of amides is 5. The van der Waals surface area contributed by atoms with E-state index in [0.29, 0.717) is 29.2 Å². The van der Waals surface area contributed by atoms with Gasteiger partial charge in [0.2, 0.25) is 5.91 Å². The zero-order valence-electron chi connectivity index (χ0n) is 24.3. The van der Waals surface area contributed by atoms with Gasteiger partial charge in [-0.3, -0.25) is 4.79 Å². The molecule has 10 nitrogen and oxygen atoms in total. The topological polar surface area (TPSA) is 123 Å². The lowest BCUT2D eigenvalue weighted by Gasteiger charge is -2.34. The van der Waals surface area contributed by atoms with Crippen LogP contribution < -0.4 is 20.7 Å². The molecule has 0 radical (unpaired) electrons. The molecule has 41 heavy (non-hydrogen) atoms. The first-order valence-electron chi connectivity index (χ1n) is 14.6. The van der Waals surface area contributed by atoms with E-state index in [1.54, 1.807) is 35.0 Å². The van der Waals surface area contributed by atoms with Crippen LogP contribution in [0.1, 0.15) is 51.5 Å². The average molecular weight is 566 g/mol. The fourth-order valence-corrected chi connectivity index (χ4v) is 5.42. The van der Waals surface area contributed by atoms with Crippen molar-refractivity contribution in [2.75, 3.05) is 37.4 Å². The third-order valence-corrected chi connectivity index (χ3v) is 7.94. The fourth-order valence-electron chi connectivity index (χ4n) is 5.42. The molecule has 4 N–H and O–H groups in total. The summed E-state index contributed by atoms with van der Waals surface area (Å²) >= 11 is 0. The van der Waals surface area contributed by atoms with Crippen LogP contribution in [0, 0.1) is 5.92 Å². The number of likely N-dealkylation sites (N-methyl/N-ethyl adjacent to an activating group) is 1. The highest BCUT2D eigenvalue weighted by molar-refractivity contribution is 5.90. The minimum Gasteiger partial charge on any atom is -0.488 e. The summed E-state index contributed by atoms with van der Waals surface area (Å²) in [7, 11) is 1.71. The van der Waals surface area contributed by atoms with Crippen LogP contribution in [-0.4, -0.2) is 77.8 Å². The molecule has 1 fully saturated rings. The Kier molecular flexibility index (Phi) is 10.5. The van der Waals surface area contributed by atoms with Gasteiger partial charge in [0.25, 0.3) is 0 Å². The predicted octanol–water partition coefficient (Wildman–Crippen LogP) is 4.45. The monoisotopic (exact) mass is 565 g/mol. The number of nitrogens with one attached hydrogen (secondary N) is 3. The van der Waals surface area contributed by atoms with Crippen molar-refractivity contribution in [3.8, 4) is 5.75 Å². The van der Waals surface area contributed by atoms with Gasteiger partial charge in [-0.2, -0.15) is 0 Å². The highest BCUT2D eigenvalue weighted by atomic mass is 16.5. The van der Waals surface area contributed by atoms with Crippen LogP contribution >= 0.6 is 0 Å². The van der Waals surface area contributed by atoms with Gasteiger partial charge in [0.05, 0.1) is 25.6 Å². The molecule has 0 spiro atoms. The number of fused-ring (bicyclic) bond motifs is 1.